The number of fused-ring (bicyclic) bond motifs is 1. The molecule has 0 saturated carbocycles. The zero-order valence-electron chi connectivity index (χ0n) is 8.80. The van der Waals surface area contributed by atoms with Crippen molar-refractivity contribution in [3.63, 3.8) is 0 Å². The van der Waals surface area contributed by atoms with Gasteiger partial charge >= 0.3 is 0 Å². The van der Waals surface area contributed by atoms with Gasteiger partial charge in [0.25, 0.3) is 0 Å². The van der Waals surface area contributed by atoms with E-state index in [1.165, 1.54) is 17.4 Å². The number of nitrogen functional groups attached to an aromatic ring is 1. The molecule has 0 bridgehead atoms. The number of hydrogen-bond donors (Lipinski definition) is 1. The third-order valence-electron chi connectivity index (χ3n) is 2.56. The number of hydrogen-bond acceptors (Lipinski definition) is 4. The van der Waals surface area contributed by atoms with Crippen molar-refractivity contribution in [1.82, 2.24) is 14.5 Å². The van der Waals surface area contributed by atoms with Gasteiger partial charge in [-0.2, -0.15) is 0 Å². The van der Waals surface area contributed by atoms with Crippen LogP contribution in [0.4, 0.5) is 10.3 Å². The normalized spacial score (nSPS) is 11.1. The molecule has 0 amide bonds. The maximum atomic E-state index is 13.5. The van der Waals surface area contributed by atoms with Gasteiger partial charge in [0.05, 0.1) is 17.6 Å². The Bertz CT molecular complexity index is 659. The van der Waals surface area contributed by atoms with E-state index in [0.29, 0.717) is 23.5 Å². The van der Waals surface area contributed by atoms with Gasteiger partial charge in [-0.3, -0.25) is 4.98 Å². The first kappa shape index (κ1) is 10.2. The number of benzene rings is 1. The lowest BCUT2D eigenvalue weighted by atomic mass is 10.3. The molecule has 17 heavy (non-hydrogen) atoms. The summed E-state index contributed by atoms with van der Waals surface area (Å²) in [4.78, 5) is 9.10. The first-order valence-corrected chi connectivity index (χ1v) is 5.91. The van der Waals surface area contributed by atoms with E-state index >= 15 is 0 Å². The summed E-state index contributed by atoms with van der Waals surface area (Å²) in [5.74, 6) is -0.0317. The fourth-order valence-electron chi connectivity index (χ4n) is 1.77. The predicted octanol–water partition coefficient (Wildman–Crippen LogP) is 2.26. The van der Waals surface area contributed by atoms with E-state index in [1.807, 2.05) is 6.07 Å². The molecule has 4 nitrogen and oxygen atoms in total. The van der Waals surface area contributed by atoms with Crippen molar-refractivity contribution < 1.29 is 4.39 Å². The van der Waals surface area contributed by atoms with Crippen LogP contribution in [0.3, 0.4) is 0 Å². The standard InChI is InChI=1S/C11H9FN4S/c12-8-2-1-3-9-10(8)15-11(13)16(9)5-7-4-14-6-17-7/h1-4,6H,5H2,(H2,13,15). The smallest absolute Gasteiger partial charge is 0.201 e. The van der Waals surface area contributed by atoms with Gasteiger partial charge in [-0.1, -0.05) is 6.07 Å². The Morgan fingerprint density at radius 1 is 1.41 bits per heavy atom. The highest BCUT2D eigenvalue weighted by Crippen LogP contribution is 2.22. The van der Waals surface area contributed by atoms with E-state index in [1.54, 1.807) is 22.3 Å². The van der Waals surface area contributed by atoms with Crippen LogP contribution in [0.1, 0.15) is 4.88 Å². The summed E-state index contributed by atoms with van der Waals surface area (Å²) in [7, 11) is 0. The summed E-state index contributed by atoms with van der Waals surface area (Å²) < 4.78 is 15.3. The van der Waals surface area contributed by atoms with Crippen LogP contribution < -0.4 is 5.73 Å². The molecule has 3 rings (SSSR count). The molecule has 2 aromatic heterocycles. The van der Waals surface area contributed by atoms with Gasteiger partial charge in [0.1, 0.15) is 5.52 Å². The Labute approximate surface area is 101 Å². The SMILES string of the molecule is Nc1nc2c(F)cccc2n1Cc1cncs1. The van der Waals surface area contributed by atoms with Crippen LogP contribution in [0.5, 0.6) is 0 Å². The molecular formula is C11H9FN4S. The van der Waals surface area contributed by atoms with Crippen molar-refractivity contribution in [3.05, 3.63) is 40.6 Å². The van der Waals surface area contributed by atoms with Gasteiger partial charge < -0.3 is 10.3 Å². The lowest BCUT2D eigenvalue weighted by molar-refractivity contribution is 0.637. The molecule has 0 aliphatic heterocycles. The van der Waals surface area contributed by atoms with Crippen molar-refractivity contribution in [3.8, 4) is 0 Å². The van der Waals surface area contributed by atoms with E-state index in [2.05, 4.69) is 9.97 Å². The van der Waals surface area contributed by atoms with Gasteiger partial charge in [-0.15, -0.1) is 11.3 Å². The zero-order valence-corrected chi connectivity index (χ0v) is 9.62. The second-order valence-electron chi connectivity index (χ2n) is 3.63. The lowest BCUT2D eigenvalue weighted by Crippen LogP contribution is -2.03. The number of anilines is 1. The molecule has 0 fully saturated rings. The van der Waals surface area contributed by atoms with Crippen LogP contribution in [0.25, 0.3) is 11.0 Å². The minimum Gasteiger partial charge on any atom is -0.369 e. The monoisotopic (exact) mass is 248 g/mol. The maximum Gasteiger partial charge on any atom is 0.201 e. The molecule has 2 N–H and O–H groups in total. The molecule has 0 spiro atoms. The number of imidazole rings is 1. The lowest BCUT2D eigenvalue weighted by Gasteiger charge is -2.03. The number of thiazole rings is 1. The number of nitrogens with two attached hydrogens (primary N) is 1. The highest BCUT2D eigenvalue weighted by atomic mass is 32.1. The summed E-state index contributed by atoms with van der Waals surface area (Å²) in [6.45, 7) is 0.566. The average Bonchev–Trinajstić information content (AvgIpc) is 2.91. The fourth-order valence-corrected chi connectivity index (χ4v) is 2.36. The first-order chi connectivity index (χ1) is 8.25. The molecule has 0 unspecified atom stereocenters. The summed E-state index contributed by atoms with van der Waals surface area (Å²) >= 11 is 1.53. The molecule has 0 atom stereocenters. The molecular weight excluding hydrogens is 239 g/mol. The molecule has 3 aromatic rings. The van der Waals surface area contributed by atoms with E-state index in [9.17, 15) is 4.39 Å². The van der Waals surface area contributed by atoms with Gasteiger partial charge in [0.2, 0.25) is 5.95 Å². The largest absolute Gasteiger partial charge is 0.369 e. The second kappa shape index (κ2) is 3.81. The Kier molecular flexibility index (Phi) is 2.29. The minimum absolute atomic E-state index is 0.314. The van der Waals surface area contributed by atoms with Crippen LogP contribution in [0.15, 0.2) is 29.9 Å². The van der Waals surface area contributed by atoms with Crippen LogP contribution in [0.2, 0.25) is 0 Å². The van der Waals surface area contributed by atoms with E-state index in [0.717, 1.165) is 4.88 Å². The van der Waals surface area contributed by atoms with Gasteiger partial charge in [0.15, 0.2) is 5.82 Å². The number of aromatic nitrogens is 3. The summed E-state index contributed by atoms with van der Waals surface area (Å²) in [6.07, 6.45) is 1.77. The highest BCUT2D eigenvalue weighted by Gasteiger charge is 2.11. The number of halogens is 1. The first-order valence-electron chi connectivity index (χ1n) is 5.03. The Morgan fingerprint density at radius 3 is 3.06 bits per heavy atom. The number of para-hydroxylation sites is 1. The van der Waals surface area contributed by atoms with Crippen molar-refractivity contribution in [1.29, 1.82) is 0 Å². The van der Waals surface area contributed by atoms with Gasteiger partial charge in [-0.25, -0.2) is 9.37 Å². The topological polar surface area (TPSA) is 56.7 Å². The fraction of sp³-hybridized carbons (Fsp3) is 0.0909. The van der Waals surface area contributed by atoms with E-state index in [4.69, 9.17) is 5.73 Å². The Hall–Kier alpha value is -1.95. The molecule has 2 heterocycles. The van der Waals surface area contributed by atoms with Crippen LogP contribution in [-0.4, -0.2) is 14.5 Å². The molecule has 0 aliphatic rings. The van der Waals surface area contributed by atoms with Crippen molar-refractivity contribution >= 4 is 28.3 Å². The number of rotatable bonds is 2. The van der Waals surface area contributed by atoms with Crippen LogP contribution in [-0.2, 0) is 6.54 Å². The second-order valence-corrected chi connectivity index (χ2v) is 4.60. The predicted molar refractivity (Wildman–Crippen MR) is 65.3 cm³/mol. The molecule has 0 saturated heterocycles. The molecule has 6 heteroatoms. The quantitative estimate of drug-likeness (QED) is 0.756. The van der Waals surface area contributed by atoms with Crippen LogP contribution in [0, 0.1) is 5.82 Å². The summed E-state index contributed by atoms with van der Waals surface area (Å²) in [5.41, 5.74) is 8.58. The summed E-state index contributed by atoms with van der Waals surface area (Å²) in [6, 6.07) is 4.84. The van der Waals surface area contributed by atoms with Gasteiger partial charge in [0, 0.05) is 11.1 Å². The van der Waals surface area contributed by atoms with Crippen LogP contribution >= 0.6 is 11.3 Å². The van der Waals surface area contributed by atoms with E-state index < -0.39 is 0 Å². The molecule has 0 radical (unpaired) electrons. The van der Waals surface area contributed by atoms with Crippen molar-refractivity contribution in [2.24, 2.45) is 0 Å². The third-order valence-corrected chi connectivity index (χ3v) is 3.32. The molecule has 0 aliphatic carbocycles. The minimum atomic E-state index is -0.350. The van der Waals surface area contributed by atoms with Crippen molar-refractivity contribution in [2.75, 3.05) is 5.73 Å². The Balaban J connectivity index is 2.16. The number of nitrogens with zero attached hydrogens (tertiary/aromatic N) is 3. The van der Waals surface area contributed by atoms with Gasteiger partial charge in [-0.05, 0) is 12.1 Å². The zero-order chi connectivity index (χ0) is 11.8. The van der Waals surface area contributed by atoms with E-state index in [-0.39, 0.29) is 5.82 Å². The summed E-state index contributed by atoms with van der Waals surface area (Å²) in [5, 5.41) is 0. The van der Waals surface area contributed by atoms with Crippen molar-refractivity contribution in [2.45, 2.75) is 6.54 Å². The average molecular weight is 248 g/mol. The maximum absolute atomic E-state index is 13.5. The third kappa shape index (κ3) is 1.66. The molecule has 86 valence electrons. The molecule has 1 aromatic carbocycles. The highest BCUT2D eigenvalue weighted by molar-refractivity contribution is 7.09. The Morgan fingerprint density at radius 2 is 2.29 bits per heavy atom.